The van der Waals surface area contributed by atoms with Crippen LogP contribution in [-0.2, 0) is 19.6 Å². The van der Waals surface area contributed by atoms with Gasteiger partial charge in [0, 0.05) is 24.0 Å². The first-order valence-electron chi connectivity index (χ1n) is 14.1. The molecule has 0 aliphatic carbocycles. The molecule has 1 saturated heterocycles. The molecule has 0 radical (unpaired) electrons. The molecule has 0 bridgehead atoms. The molecule has 4 aromatic rings. The van der Waals surface area contributed by atoms with Gasteiger partial charge >= 0.3 is 5.97 Å². The second-order valence-corrected chi connectivity index (χ2v) is 12.6. The predicted molar refractivity (Wildman–Crippen MR) is 170 cm³/mol. The minimum Gasteiger partial charge on any atom is -0.493 e. The van der Waals surface area contributed by atoms with E-state index >= 15 is 0 Å². The second-order valence-electron chi connectivity index (χ2n) is 10.2. The number of fused-ring (bicyclic) bond motifs is 1. The maximum absolute atomic E-state index is 13.4. The summed E-state index contributed by atoms with van der Waals surface area (Å²) < 4.78 is 49.4. The number of hydrogen-bond acceptors (Lipinski definition) is 9. The van der Waals surface area contributed by atoms with Crippen LogP contribution in [0.5, 0.6) is 17.2 Å². The van der Waals surface area contributed by atoms with Gasteiger partial charge < -0.3 is 24.3 Å². The Morgan fingerprint density at radius 1 is 0.911 bits per heavy atom. The molecule has 1 amide bonds. The van der Waals surface area contributed by atoms with Crippen LogP contribution in [0.2, 0.25) is 5.02 Å². The molecule has 236 valence electrons. The molecule has 1 aliphatic heterocycles. The number of ether oxygens (including phenoxy) is 4. The zero-order valence-corrected chi connectivity index (χ0v) is 26.5. The van der Waals surface area contributed by atoms with Gasteiger partial charge in [0.05, 0.1) is 53.7 Å². The molecule has 1 aromatic heterocycles. The van der Waals surface area contributed by atoms with Crippen molar-refractivity contribution in [2.75, 3.05) is 46.3 Å². The van der Waals surface area contributed by atoms with E-state index in [0.29, 0.717) is 52.5 Å². The summed E-state index contributed by atoms with van der Waals surface area (Å²) in [6, 6.07) is 16.2. The van der Waals surface area contributed by atoms with E-state index in [1.807, 2.05) is 0 Å². The third kappa shape index (κ3) is 6.82. The Hall–Kier alpha value is -4.39. The normalized spacial score (nSPS) is 13.7. The smallest absolute Gasteiger partial charge is 0.339 e. The van der Waals surface area contributed by atoms with Gasteiger partial charge in [-0.3, -0.25) is 4.79 Å². The molecule has 45 heavy (non-hydrogen) atoms. The van der Waals surface area contributed by atoms with E-state index < -0.39 is 28.5 Å². The number of methoxy groups -OCH3 is 3. The van der Waals surface area contributed by atoms with Crippen LogP contribution in [0.15, 0.2) is 65.6 Å². The molecule has 0 spiro atoms. The number of anilines is 1. The summed E-state index contributed by atoms with van der Waals surface area (Å²) in [5, 5.41) is 3.23. The molecular formula is C32H32ClN3O8S. The third-order valence-electron chi connectivity index (χ3n) is 7.40. The van der Waals surface area contributed by atoms with Gasteiger partial charge in [0.2, 0.25) is 15.8 Å². The summed E-state index contributed by atoms with van der Waals surface area (Å²) in [6.07, 6.45) is 2.56. The van der Waals surface area contributed by atoms with Crippen molar-refractivity contribution in [3.63, 3.8) is 0 Å². The number of carbonyl (C=O) groups excluding carboxylic acids is 2. The van der Waals surface area contributed by atoms with E-state index in [1.165, 1.54) is 43.8 Å². The van der Waals surface area contributed by atoms with Crippen molar-refractivity contribution < 1.29 is 37.0 Å². The number of sulfonamides is 1. The number of benzene rings is 3. The number of halogens is 1. The van der Waals surface area contributed by atoms with Gasteiger partial charge in [-0.1, -0.05) is 36.2 Å². The summed E-state index contributed by atoms with van der Waals surface area (Å²) in [5.74, 6) is -0.223. The van der Waals surface area contributed by atoms with E-state index in [-0.39, 0.29) is 21.2 Å². The lowest BCUT2D eigenvalue weighted by Gasteiger charge is -2.26. The van der Waals surface area contributed by atoms with Gasteiger partial charge in [-0.25, -0.2) is 18.2 Å². The minimum atomic E-state index is -3.75. The standard InChI is InChI=1S/C32H32ClN3O8S/c1-41-28-15-20(16-29(42-2)31(28)43-3)26-18-23(22-9-5-6-10-25(22)34-26)32(38)44-19-30(37)35-27-17-21(11-12-24(27)33)45(39,40)36-13-7-4-8-14-36/h5-6,9-12,15-18H,4,7-8,13-14,19H2,1-3H3,(H,35,37). The molecular weight excluding hydrogens is 622 g/mol. The number of pyridine rings is 1. The Morgan fingerprint density at radius 2 is 1.60 bits per heavy atom. The molecule has 0 saturated carbocycles. The van der Waals surface area contributed by atoms with Crippen LogP contribution < -0.4 is 19.5 Å². The number of esters is 1. The molecule has 11 nitrogen and oxygen atoms in total. The fraction of sp³-hybridized carbons (Fsp3) is 0.281. The highest BCUT2D eigenvalue weighted by atomic mass is 35.5. The number of nitrogens with zero attached hydrogens (tertiary/aromatic N) is 2. The average molecular weight is 654 g/mol. The zero-order chi connectivity index (χ0) is 32.1. The number of amides is 1. The Kier molecular flexibility index (Phi) is 9.76. The van der Waals surface area contributed by atoms with Gasteiger partial charge in [0.1, 0.15) is 0 Å². The van der Waals surface area contributed by atoms with Crippen molar-refractivity contribution in [2.45, 2.75) is 24.2 Å². The van der Waals surface area contributed by atoms with E-state index in [9.17, 15) is 18.0 Å². The summed E-state index contributed by atoms with van der Waals surface area (Å²) in [5.41, 5.74) is 1.83. The number of nitrogens with one attached hydrogen (secondary N) is 1. The van der Waals surface area contributed by atoms with Crippen LogP contribution in [-0.4, -0.2) is 70.6 Å². The lowest BCUT2D eigenvalue weighted by atomic mass is 10.0. The minimum absolute atomic E-state index is 0.0173. The number of para-hydroxylation sites is 1. The maximum Gasteiger partial charge on any atom is 0.339 e. The summed E-state index contributed by atoms with van der Waals surface area (Å²) in [4.78, 5) is 30.9. The number of carbonyl (C=O) groups is 2. The maximum atomic E-state index is 13.4. The quantitative estimate of drug-likeness (QED) is 0.219. The SMILES string of the molecule is COc1cc(-c2cc(C(=O)OCC(=O)Nc3cc(S(=O)(=O)N4CCCCC4)ccc3Cl)c3ccccc3n2)cc(OC)c1OC. The topological polar surface area (TPSA) is 133 Å². The van der Waals surface area contributed by atoms with Crippen LogP contribution in [0.4, 0.5) is 5.69 Å². The first kappa shape index (κ1) is 32.0. The number of piperidine rings is 1. The summed E-state index contributed by atoms with van der Waals surface area (Å²) in [6.45, 7) is 0.232. The molecule has 1 aliphatic rings. The molecule has 5 rings (SSSR count). The van der Waals surface area contributed by atoms with E-state index in [0.717, 1.165) is 19.3 Å². The number of rotatable bonds is 10. The molecule has 0 unspecified atom stereocenters. The van der Waals surface area contributed by atoms with E-state index in [2.05, 4.69) is 5.32 Å². The van der Waals surface area contributed by atoms with Crippen LogP contribution >= 0.6 is 11.6 Å². The van der Waals surface area contributed by atoms with Gasteiger partial charge in [0.15, 0.2) is 18.1 Å². The monoisotopic (exact) mass is 653 g/mol. The van der Waals surface area contributed by atoms with Gasteiger partial charge in [0.25, 0.3) is 5.91 Å². The Balaban J connectivity index is 1.37. The zero-order valence-electron chi connectivity index (χ0n) is 25.0. The van der Waals surface area contributed by atoms with Crippen LogP contribution in [0.3, 0.4) is 0 Å². The fourth-order valence-corrected chi connectivity index (χ4v) is 6.84. The first-order chi connectivity index (χ1) is 21.7. The van der Waals surface area contributed by atoms with Crippen LogP contribution in [0, 0.1) is 0 Å². The van der Waals surface area contributed by atoms with E-state index in [1.54, 1.807) is 42.5 Å². The summed E-state index contributed by atoms with van der Waals surface area (Å²) in [7, 11) is 0.750. The molecule has 2 heterocycles. The Labute approximate surface area is 266 Å². The highest BCUT2D eigenvalue weighted by Gasteiger charge is 2.27. The van der Waals surface area contributed by atoms with Crippen molar-refractivity contribution in [3.05, 3.63) is 71.2 Å². The average Bonchev–Trinajstić information content (AvgIpc) is 3.07. The largest absolute Gasteiger partial charge is 0.493 e. The van der Waals surface area contributed by atoms with Gasteiger partial charge in [-0.2, -0.15) is 4.31 Å². The number of hydrogen-bond donors (Lipinski definition) is 1. The fourth-order valence-electron chi connectivity index (χ4n) is 5.13. The third-order valence-corrected chi connectivity index (χ3v) is 9.62. The molecule has 0 atom stereocenters. The summed E-state index contributed by atoms with van der Waals surface area (Å²) >= 11 is 6.27. The molecule has 3 aromatic carbocycles. The van der Waals surface area contributed by atoms with Crippen molar-refractivity contribution in [2.24, 2.45) is 0 Å². The Bertz CT molecular complexity index is 1830. The predicted octanol–water partition coefficient (Wildman–Crippen LogP) is 5.55. The van der Waals surface area contributed by atoms with Gasteiger partial charge in [-0.15, -0.1) is 0 Å². The van der Waals surface area contributed by atoms with Crippen LogP contribution in [0.25, 0.3) is 22.2 Å². The van der Waals surface area contributed by atoms with Crippen molar-refractivity contribution in [1.82, 2.24) is 9.29 Å². The molecule has 1 fully saturated rings. The first-order valence-corrected chi connectivity index (χ1v) is 15.9. The highest BCUT2D eigenvalue weighted by Crippen LogP contribution is 2.41. The Morgan fingerprint density at radius 3 is 2.27 bits per heavy atom. The number of aromatic nitrogens is 1. The van der Waals surface area contributed by atoms with E-state index in [4.69, 9.17) is 35.5 Å². The van der Waals surface area contributed by atoms with Crippen LogP contribution in [0.1, 0.15) is 29.6 Å². The lowest BCUT2D eigenvalue weighted by Crippen LogP contribution is -2.35. The molecule has 1 N–H and O–H groups in total. The van der Waals surface area contributed by atoms with Crippen molar-refractivity contribution in [1.29, 1.82) is 0 Å². The second kappa shape index (κ2) is 13.7. The van der Waals surface area contributed by atoms with Crippen molar-refractivity contribution in [3.8, 4) is 28.5 Å². The van der Waals surface area contributed by atoms with Gasteiger partial charge in [-0.05, 0) is 55.3 Å². The lowest BCUT2D eigenvalue weighted by molar-refractivity contribution is -0.119. The van der Waals surface area contributed by atoms with Crippen molar-refractivity contribution >= 4 is 50.1 Å². The highest BCUT2D eigenvalue weighted by molar-refractivity contribution is 7.89. The molecule has 13 heteroatoms.